The van der Waals surface area contributed by atoms with Gasteiger partial charge in [-0.3, -0.25) is 4.90 Å². The Labute approximate surface area is 221 Å². The summed E-state index contributed by atoms with van der Waals surface area (Å²) in [6.07, 6.45) is 1.80. The predicted octanol–water partition coefficient (Wildman–Crippen LogP) is 3.36. The van der Waals surface area contributed by atoms with Crippen molar-refractivity contribution >= 4 is 9.84 Å². The zero-order valence-electron chi connectivity index (χ0n) is 21.3. The first kappa shape index (κ1) is 23.8. The van der Waals surface area contributed by atoms with Crippen LogP contribution in [0.2, 0.25) is 0 Å². The molecule has 10 heteroatoms. The summed E-state index contributed by atoms with van der Waals surface area (Å²) in [6, 6.07) is 14.1. The van der Waals surface area contributed by atoms with E-state index in [0.29, 0.717) is 47.3 Å². The van der Waals surface area contributed by atoms with E-state index in [-0.39, 0.29) is 5.75 Å². The highest BCUT2D eigenvalue weighted by molar-refractivity contribution is 7.91. The first-order valence-electron chi connectivity index (χ1n) is 13.0. The number of sulfone groups is 1. The minimum atomic E-state index is -3.54. The van der Waals surface area contributed by atoms with Crippen molar-refractivity contribution in [1.29, 1.82) is 0 Å². The number of morpholine rings is 1. The maximum absolute atomic E-state index is 13.5. The molecule has 0 N–H and O–H groups in total. The largest absolute Gasteiger partial charge is 0.379 e. The average molecular weight is 532 g/mol. The number of hydrogen-bond acceptors (Lipinski definition) is 7. The van der Waals surface area contributed by atoms with Gasteiger partial charge in [-0.15, -0.1) is 0 Å². The molecule has 196 valence electrons. The van der Waals surface area contributed by atoms with Gasteiger partial charge in [-0.1, -0.05) is 30.3 Å². The Morgan fingerprint density at radius 2 is 1.76 bits per heavy atom. The van der Waals surface area contributed by atoms with Crippen molar-refractivity contribution in [2.24, 2.45) is 0 Å². The highest BCUT2D eigenvalue weighted by Crippen LogP contribution is 2.44. The van der Waals surface area contributed by atoms with E-state index in [1.807, 2.05) is 29.8 Å². The number of benzene rings is 2. The monoisotopic (exact) mass is 531 g/mol. The minimum absolute atomic E-state index is 0.108. The highest BCUT2D eigenvalue weighted by atomic mass is 32.2. The van der Waals surface area contributed by atoms with Crippen molar-refractivity contribution < 1.29 is 17.9 Å². The van der Waals surface area contributed by atoms with Crippen molar-refractivity contribution in [2.75, 3.05) is 32.9 Å². The molecular weight excluding hydrogens is 502 g/mol. The summed E-state index contributed by atoms with van der Waals surface area (Å²) in [4.78, 5) is 7.46. The van der Waals surface area contributed by atoms with Crippen LogP contribution in [-0.2, 0) is 44.8 Å². The normalized spacial score (nSPS) is 18.6. The first-order chi connectivity index (χ1) is 18.5. The smallest absolute Gasteiger partial charge is 0.183 e. The summed E-state index contributed by atoms with van der Waals surface area (Å²) in [7, 11) is -3.54. The molecule has 3 aliphatic heterocycles. The lowest BCUT2D eigenvalue weighted by Gasteiger charge is -2.26. The van der Waals surface area contributed by atoms with E-state index in [1.54, 1.807) is 6.20 Å². The number of aromatic nitrogens is 4. The van der Waals surface area contributed by atoms with Crippen LogP contribution < -0.4 is 0 Å². The van der Waals surface area contributed by atoms with Crippen LogP contribution in [0.3, 0.4) is 0 Å². The molecule has 0 amide bonds. The molecule has 7 rings (SSSR count). The zero-order valence-corrected chi connectivity index (χ0v) is 22.1. The molecule has 0 atom stereocenters. The van der Waals surface area contributed by atoms with Gasteiger partial charge in [0.1, 0.15) is 5.69 Å². The van der Waals surface area contributed by atoms with E-state index in [0.717, 1.165) is 55.5 Å². The van der Waals surface area contributed by atoms with Crippen LogP contribution in [0.5, 0.6) is 0 Å². The van der Waals surface area contributed by atoms with Gasteiger partial charge < -0.3 is 14.0 Å². The van der Waals surface area contributed by atoms with Crippen molar-refractivity contribution in [2.45, 2.75) is 37.3 Å². The number of hydrogen-bond donors (Lipinski definition) is 0. The molecule has 0 bridgehead atoms. The fourth-order valence-electron chi connectivity index (χ4n) is 5.80. The maximum Gasteiger partial charge on any atom is 0.183 e. The third-order valence-electron chi connectivity index (χ3n) is 7.65. The maximum atomic E-state index is 13.5. The van der Waals surface area contributed by atoms with Gasteiger partial charge in [-0.25, -0.2) is 18.1 Å². The van der Waals surface area contributed by atoms with Gasteiger partial charge in [-0.2, -0.15) is 5.10 Å². The third-order valence-corrected chi connectivity index (χ3v) is 9.48. The fraction of sp³-hybridized carbons (Fsp3) is 0.357. The van der Waals surface area contributed by atoms with Crippen LogP contribution in [0.15, 0.2) is 53.6 Å². The van der Waals surface area contributed by atoms with Crippen LogP contribution in [0.4, 0.5) is 0 Å². The molecule has 0 unspecified atom stereocenters. The summed E-state index contributed by atoms with van der Waals surface area (Å²) < 4.78 is 42.2. The topological polar surface area (TPSA) is 91.5 Å². The van der Waals surface area contributed by atoms with Gasteiger partial charge in [-0.05, 0) is 30.2 Å². The molecule has 1 saturated heterocycles. The third kappa shape index (κ3) is 3.90. The van der Waals surface area contributed by atoms with Crippen molar-refractivity contribution in [3.63, 3.8) is 0 Å². The molecule has 1 fully saturated rings. The van der Waals surface area contributed by atoms with Crippen LogP contribution in [0.1, 0.15) is 22.4 Å². The van der Waals surface area contributed by atoms with E-state index in [1.165, 1.54) is 5.56 Å². The highest BCUT2D eigenvalue weighted by Gasteiger charge is 2.37. The van der Waals surface area contributed by atoms with E-state index in [9.17, 15) is 8.42 Å². The second-order valence-electron chi connectivity index (χ2n) is 10.1. The molecule has 5 heterocycles. The lowest BCUT2D eigenvalue weighted by Crippen LogP contribution is -2.35. The number of aryl methyl sites for hydroxylation is 1. The number of fused-ring (bicyclic) bond motifs is 4. The van der Waals surface area contributed by atoms with E-state index < -0.39 is 9.84 Å². The molecule has 0 radical (unpaired) electrons. The van der Waals surface area contributed by atoms with E-state index in [4.69, 9.17) is 14.6 Å². The summed E-state index contributed by atoms with van der Waals surface area (Å²) in [5.41, 5.74) is 6.64. The Hall–Kier alpha value is -3.31. The molecule has 4 aromatic rings. The lowest BCUT2D eigenvalue weighted by molar-refractivity contribution is 0.0342. The second kappa shape index (κ2) is 9.16. The first-order valence-corrected chi connectivity index (χ1v) is 14.6. The summed E-state index contributed by atoms with van der Waals surface area (Å²) in [5, 5.41) is 5.05. The Morgan fingerprint density at radius 1 is 0.974 bits per heavy atom. The standard InChI is InChI=1S/C28H29N5O4S/c1-19-3-2-4-23-26-24(18-38(34,35)27(19)23)25(28-29-15-22-17-37-14-11-32(22)28)30-33(26)21-7-5-20(6-8-21)16-31-9-12-36-13-10-31/h2-8,15H,9-14,16-18H2,1H3. The predicted molar refractivity (Wildman–Crippen MR) is 142 cm³/mol. The van der Waals surface area contributed by atoms with Crippen LogP contribution in [0, 0.1) is 6.92 Å². The van der Waals surface area contributed by atoms with Gasteiger partial charge >= 0.3 is 0 Å². The molecule has 0 spiro atoms. The molecule has 0 aliphatic carbocycles. The Morgan fingerprint density at radius 3 is 2.58 bits per heavy atom. The summed E-state index contributed by atoms with van der Waals surface area (Å²) >= 11 is 0. The Kier molecular flexibility index (Phi) is 5.73. The molecule has 0 saturated carbocycles. The van der Waals surface area contributed by atoms with Crippen molar-refractivity contribution in [3.8, 4) is 28.5 Å². The lowest BCUT2D eigenvalue weighted by atomic mass is 10.0. The van der Waals surface area contributed by atoms with Crippen LogP contribution in [-0.4, -0.2) is 65.6 Å². The average Bonchev–Trinajstić information content (AvgIpc) is 3.51. The molecule has 2 aromatic heterocycles. The molecule has 2 aromatic carbocycles. The Bertz CT molecular complexity index is 1630. The zero-order chi connectivity index (χ0) is 25.9. The van der Waals surface area contributed by atoms with Crippen molar-refractivity contribution in [1.82, 2.24) is 24.2 Å². The van der Waals surface area contributed by atoms with E-state index in [2.05, 4.69) is 38.7 Å². The number of nitrogens with zero attached hydrogens (tertiary/aromatic N) is 5. The molecule has 3 aliphatic rings. The second-order valence-corrected chi connectivity index (χ2v) is 12.1. The molecular formula is C28H29N5O4S. The number of imidazole rings is 1. The van der Waals surface area contributed by atoms with Crippen LogP contribution in [0.25, 0.3) is 28.5 Å². The van der Waals surface area contributed by atoms with Gasteiger partial charge in [0.15, 0.2) is 15.7 Å². The minimum Gasteiger partial charge on any atom is -0.379 e. The van der Waals surface area contributed by atoms with Crippen molar-refractivity contribution in [3.05, 3.63) is 71.0 Å². The fourth-order valence-corrected chi connectivity index (χ4v) is 7.66. The Balaban J connectivity index is 1.38. The number of ether oxygens (including phenoxy) is 2. The molecule has 9 nitrogen and oxygen atoms in total. The summed E-state index contributed by atoms with van der Waals surface area (Å²) in [5.74, 6) is 0.581. The van der Waals surface area contributed by atoms with Gasteiger partial charge in [0, 0.05) is 37.3 Å². The van der Waals surface area contributed by atoms with Gasteiger partial charge in [0.25, 0.3) is 0 Å². The van der Waals surface area contributed by atoms with E-state index >= 15 is 0 Å². The quantitative estimate of drug-likeness (QED) is 0.399. The summed E-state index contributed by atoms with van der Waals surface area (Å²) in [6.45, 7) is 7.86. The SMILES string of the molecule is Cc1cccc2c1S(=O)(=O)Cc1c(-c3ncc4n3CCOC4)nn(-c3ccc(CN4CCOCC4)cc3)c1-2. The number of rotatable bonds is 4. The molecule has 38 heavy (non-hydrogen) atoms. The van der Waals surface area contributed by atoms with Crippen LogP contribution >= 0.6 is 0 Å². The van der Waals surface area contributed by atoms with Gasteiger partial charge in [0.2, 0.25) is 0 Å². The van der Waals surface area contributed by atoms with Gasteiger partial charge in [0.05, 0.1) is 60.3 Å².